The van der Waals surface area contributed by atoms with Crippen LogP contribution in [0, 0.1) is 10.1 Å². The highest BCUT2D eigenvalue weighted by Crippen LogP contribution is 2.29. The van der Waals surface area contributed by atoms with Crippen LogP contribution in [0.4, 0.5) is 11.4 Å². The Labute approximate surface area is 110 Å². The number of nitro groups is 1. The van der Waals surface area contributed by atoms with E-state index in [0.29, 0.717) is 24.6 Å². The molecule has 6 heteroatoms. The number of ether oxygens (including phenoxy) is 1. The van der Waals surface area contributed by atoms with Gasteiger partial charge in [-0.3, -0.25) is 10.1 Å². The van der Waals surface area contributed by atoms with Gasteiger partial charge in [-0.2, -0.15) is 0 Å². The lowest BCUT2D eigenvalue weighted by Gasteiger charge is -2.08. The molecule has 2 rings (SSSR count). The number of anilines is 1. The molecule has 0 aliphatic carbocycles. The van der Waals surface area contributed by atoms with Crippen LogP contribution in [0.15, 0.2) is 36.5 Å². The fraction of sp³-hybridized carbons (Fsp3) is 0.231. The molecule has 19 heavy (non-hydrogen) atoms. The van der Waals surface area contributed by atoms with Crippen LogP contribution in [0.3, 0.4) is 0 Å². The van der Waals surface area contributed by atoms with Gasteiger partial charge in [-0.05, 0) is 31.2 Å². The summed E-state index contributed by atoms with van der Waals surface area (Å²) in [6, 6.07) is 8.59. The van der Waals surface area contributed by atoms with Crippen LogP contribution in [0.25, 0.3) is 0 Å². The average Bonchev–Trinajstić information content (AvgIpc) is 2.90. The minimum Gasteiger partial charge on any atom is -0.494 e. The van der Waals surface area contributed by atoms with Gasteiger partial charge >= 0.3 is 0 Å². The van der Waals surface area contributed by atoms with Gasteiger partial charge in [-0.25, -0.2) is 0 Å². The van der Waals surface area contributed by atoms with E-state index in [2.05, 4.69) is 10.3 Å². The average molecular weight is 261 g/mol. The lowest BCUT2D eigenvalue weighted by Crippen LogP contribution is -2.03. The van der Waals surface area contributed by atoms with Gasteiger partial charge in [0.25, 0.3) is 5.69 Å². The molecule has 2 aromatic rings. The Kier molecular flexibility index (Phi) is 4.02. The number of nitro benzene ring substituents is 1. The molecule has 0 spiro atoms. The van der Waals surface area contributed by atoms with Gasteiger partial charge in [0.1, 0.15) is 11.4 Å². The Morgan fingerprint density at radius 1 is 1.42 bits per heavy atom. The number of nitrogens with one attached hydrogen (secondary N) is 2. The van der Waals surface area contributed by atoms with E-state index in [0.717, 1.165) is 5.69 Å². The minimum atomic E-state index is -0.417. The summed E-state index contributed by atoms with van der Waals surface area (Å²) in [6.45, 7) is 2.82. The first-order valence-corrected chi connectivity index (χ1v) is 5.98. The molecule has 0 amide bonds. The fourth-order valence-corrected chi connectivity index (χ4v) is 1.74. The van der Waals surface area contributed by atoms with Crippen molar-refractivity contribution in [2.45, 2.75) is 13.5 Å². The number of hydrogen-bond donors (Lipinski definition) is 2. The molecular weight excluding hydrogens is 246 g/mol. The highest BCUT2D eigenvalue weighted by Gasteiger charge is 2.15. The molecule has 0 aliphatic heterocycles. The van der Waals surface area contributed by atoms with E-state index in [1.54, 1.807) is 12.1 Å². The van der Waals surface area contributed by atoms with Crippen LogP contribution >= 0.6 is 0 Å². The van der Waals surface area contributed by atoms with Crippen molar-refractivity contribution >= 4 is 11.4 Å². The van der Waals surface area contributed by atoms with Crippen molar-refractivity contribution in [3.63, 3.8) is 0 Å². The van der Waals surface area contributed by atoms with Crippen LogP contribution in [0.1, 0.15) is 12.6 Å². The zero-order valence-electron chi connectivity index (χ0n) is 10.6. The molecule has 100 valence electrons. The van der Waals surface area contributed by atoms with Crippen molar-refractivity contribution in [2.75, 3.05) is 11.9 Å². The highest BCUT2D eigenvalue weighted by molar-refractivity contribution is 5.63. The summed E-state index contributed by atoms with van der Waals surface area (Å²) in [7, 11) is 0. The third-order valence-electron chi connectivity index (χ3n) is 2.61. The molecule has 1 heterocycles. The van der Waals surface area contributed by atoms with Crippen molar-refractivity contribution in [1.29, 1.82) is 0 Å². The number of aromatic amines is 1. The molecule has 6 nitrogen and oxygen atoms in total. The Bertz CT molecular complexity index is 552. The van der Waals surface area contributed by atoms with Gasteiger partial charge in [-0.1, -0.05) is 0 Å². The number of H-pyrrole nitrogens is 1. The molecule has 2 N–H and O–H groups in total. The molecule has 0 saturated carbocycles. The smallest absolute Gasteiger partial charge is 0.296 e. The summed E-state index contributed by atoms with van der Waals surface area (Å²) >= 11 is 0. The first kappa shape index (κ1) is 12.9. The molecule has 0 aliphatic rings. The summed E-state index contributed by atoms with van der Waals surface area (Å²) in [5.74, 6) is 0.500. The summed E-state index contributed by atoms with van der Waals surface area (Å²) in [5, 5.41) is 14.1. The lowest BCUT2D eigenvalue weighted by atomic mass is 10.2. The molecular formula is C13H15N3O3. The summed E-state index contributed by atoms with van der Waals surface area (Å²) in [6.07, 6.45) is 1.81. The first-order valence-electron chi connectivity index (χ1n) is 5.98. The van der Waals surface area contributed by atoms with Gasteiger partial charge in [-0.15, -0.1) is 0 Å². The molecule has 1 aromatic heterocycles. The molecule has 0 fully saturated rings. The third kappa shape index (κ3) is 3.25. The van der Waals surface area contributed by atoms with Crippen LogP contribution in [-0.2, 0) is 6.54 Å². The van der Waals surface area contributed by atoms with Crippen molar-refractivity contribution in [1.82, 2.24) is 4.98 Å². The van der Waals surface area contributed by atoms with Crippen LogP contribution in [0.2, 0.25) is 0 Å². The molecule has 1 aromatic carbocycles. The van der Waals surface area contributed by atoms with E-state index in [1.165, 1.54) is 6.07 Å². The summed E-state index contributed by atoms with van der Waals surface area (Å²) in [5.41, 5.74) is 1.45. The van der Waals surface area contributed by atoms with Gasteiger partial charge in [0, 0.05) is 11.9 Å². The largest absolute Gasteiger partial charge is 0.494 e. The number of aromatic nitrogens is 1. The number of rotatable bonds is 6. The van der Waals surface area contributed by atoms with Crippen molar-refractivity contribution in [2.24, 2.45) is 0 Å². The number of benzene rings is 1. The molecule has 0 bridgehead atoms. The molecule has 0 atom stereocenters. The van der Waals surface area contributed by atoms with Crippen molar-refractivity contribution < 1.29 is 9.66 Å². The van der Waals surface area contributed by atoms with Gasteiger partial charge in [0.05, 0.1) is 24.1 Å². The Morgan fingerprint density at radius 3 is 2.89 bits per heavy atom. The van der Waals surface area contributed by atoms with E-state index >= 15 is 0 Å². The SMILES string of the molecule is CCOc1ccc(NCc2ccc[nH]2)c([N+](=O)[O-])c1. The van der Waals surface area contributed by atoms with Crippen molar-refractivity contribution in [3.8, 4) is 5.75 Å². The highest BCUT2D eigenvalue weighted by atomic mass is 16.6. The molecule has 0 saturated heterocycles. The lowest BCUT2D eigenvalue weighted by molar-refractivity contribution is -0.384. The van der Waals surface area contributed by atoms with Gasteiger partial charge in [0.2, 0.25) is 0 Å². The van der Waals surface area contributed by atoms with E-state index in [4.69, 9.17) is 4.74 Å². The molecule has 0 unspecified atom stereocenters. The fourth-order valence-electron chi connectivity index (χ4n) is 1.74. The predicted octanol–water partition coefficient (Wildman–Crippen LogP) is 2.93. The maximum Gasteiger partial charge on any atom is 0.296 e. The Hall–Kier alpha value is -2.50. The maximum absolute atomic E-state index is 11.0. The molecule has 0 radical (unpaired) electrons. The van der Waals surface area contributed by atoms with Crippen LogP contribution < -0.4 is 10.1 Å². The third-order valence-corrected chi connectivity index (χ3v) is 2.61. The second kappa shape index (κ2) is 5.90. The maximum atomic E-state index is 11.0. The summed E-state index contributed by atoms with van der Waals surface area (Å²) < 4.78 is 5.26. The standard InChI is InChI=1S/C13H15N3O3/c1-2-19-11-5-6-12(13(8-11)16(17)18)15-9-10-4-3-7-14-10/h3-8,14-15H,2,9H2,1H3. The second-order valence-electron chi connectivity index (χ2n) is 3.92. The van der Waals surface area contributed by atoms with Gasteiger partial charge < -0.3 is 15.0 Å². The minimum absolute atomic E-state index is 0.0116. The second-order valence-corrected chi connectivity index (χ2v) is 3.92. The Morgan fingerprint density at radius 2 is 2.26 bits per heavy atom. The zero-order chi connectivity index (χ0) is 13.7. The number of nitrogens with zero attached hydrogens (tertiary/aromatic N) is 1. The van der Waals surface area contributed by atoms with Crippen LogP contribution in [-0.4, -0.2) is 16.5 Å². The first-order chi connectivity index (χ1) is 9.20. The van der Waals surface area contributed by atoms with E-state index < -0.39 is 4.92 Å². The van der Waals surface area contributed by atoms with E-state index in [9.17, 15) is 10.1 Å². The monoisotopic (exact) mass is 261 g/mol. The van der Waals surface area contributed by atoms with E-state index in [-0.39, 0.29) is 5.69 Å². The normalized spacial score (nSPS) is 10.2. The van der Waals surface area contributed by atoms with Crippen LogP contribution in [0.5, 0.6) is 5.75 Å². The van der Waals surface area contributed by atoms with E-state index in [1.807, 2.05) is 25.3 Å². The topological polar surface area (TPSA) is 80.2 Å². The zero-order valence-corrected chi connectivity index (χ0v) is 10.6. The van der Waals surface area contributed by atoms with Gasteiger partial charge in [0.15, 0.2) is 0 Å². The number of hydrogen-bond acceptors (Lipinski definition) is 4. The predicted molar refractivity (Wildman–Crippen MR) is 72.4 cm³/mol. The Balaban J connectivity index is 2.16. The van der Waals surface area contributed by atoms with Crippen molar-refractivity contribution in [3.05, 3.63) is 52.3 Å². The summed E-state index contributed by atoms with van der Waals surface area (Å²) in [4.78, 5) is 13.7. The quantitative estimate of drug-likeness (QED) is 0.619.